The fraction of sp³-hybridized carbons (Fsp3) is 0.694. The van der Waals surface area contributed by atoms with E-state index in [4.69, 9.17) is 66.6 Å². The number of aliphatic hydroxyl groups is 2. The Kier molecular flexibility index (Phi) is 58.2. The van der Waals surface area contributed by atoms with Gasteiger partial charge in [-0.25, -0.2) is 0 Å². The molecule has 0 spiro atoms. The Balaban J connectivity index is 1.60. The molecule has 718 valence electrons. The molecule has 0 bridgehead atoms. The number of ether oxygens (including phenoxy) is 8. The number of amides is 13. The summed E-state index contributed by atoms with van der Waals surface area (Å²) in [5, 5.41) is 55.6. The van der Waals surface area contributed by atoms with Crippen molar-refractivity contribution in [2.24, 2.45) is 40.5 Å². The SMILES string of the molecule is CCCCCC[C@H](NC(=O)CCOCCOCCOCCOCCOCCOCCOCCOCCNC(=O)c1ccc(C(=O)C(C)C)cc1)C(=O)N[C@@H](CCN)C(=O)N[C@H](C(=O)N[C@@H](CCN)C(=O)N[C@H]1CCNC(=O)[C@H]([C@@H](C)O)NC(=O)[C@H](CCN)NC(=O)[C@H](CCN)NC(=O)[C@H](CC(C)C)NC(=O)[C@@H](Cc2ccccc2)NC(=O)[C@H](CCN)NC1=O)[C@@H](C)O. The molecule has 127 heavy (non-hydrogen) atoms. The van der Waals surface area contributed by atoms with Crippen molar-refractivity contribution in [3.8, 4) is 0 Å². The van der Waals surface area contributed by atoms with Crippen LogP contribution >= 0.6 is 0 Å². The van der Waals surface area contributed by atoms with Gasteiger partial charge < -0.3 is 146 Å². The summed E-state index contributed by atoms with van der Waals surface area (Å²) >= 11 is 0. The molecule has 0 aliphatic carbocycles. The van der Waals surface area contributed by atoms with E-state index < -0.39 is 163 Å². The average Bonchev–Trinajstić information content (AvgIpc) is 1.47. The number of rotatable bonds is 60. The van der Waals surface area contributed by atoms with Gasteiger partial charge in [0, 0.05) is 43.0 Å². The van der Waals surface area contributed by atoms with Crippen LogP contribution in [0.3, 0.4) is 0 Å². The van der Waals surface area contributed by atoms with E-state index in [2.05, 4.69) is 69.1 Å². The Morgan fingerprint density at radius 2 is 0.866 bits per heavy atom. The molecule has 1 fully saturated rings. The fourth-order valence-corrected chi connectivity index (χ4v) is 12.7. The van der Waals surface area contributed by atoms with Gasteiger partial charge in [0.15, 0.2) is 5.78 Å². The summed E-state index contributed by atoms with van der Waals surface area (Å²) in [6.45, 7) is 15.2. The molecule has 0 unspecified atom stereocenters. The molecule has 2 aromatic carbocycles. The van der Waals surface area contributed by atoms with Crippen LogP contribution in [0.4, 0.5) is 0 Å². The molecule has 1 aliphatic heterocycles. The van der Waals surface area contributed by atoms with Crippen LogP contribution < -0.4 is 97.8 Å². The summed E-state index contributed by atoms with van der Waals surface area (Å²) in [4.78, 5) is 195. The van der Waals surface area contributed by atoms with Crippen molar-refractivity contribution in [1.29, 1.82) is 0 Å². The predicted molar refractivity (Wildman–Crippen MR) is 468 cm³/mol. The summed E-state index contributed by atoms with van der Waals surface area (Å²) < 4.78 is 44.4. The zero-order valence-electron chi connectivity index (χ0n) is 74.8. The number of nitrogens with one attached hydrogen (secondary N) is 13. The highest BCUT2D eigenvalue weighted by atomic mass is 16.6. The van der Waals surface area contributed by atoms with Gasteiger partial charge in [-0.05, 0) is 122 Å². The number of unbranched alkanes of at least 4 members (excludes halogenated alkanes) is 3. The zero-order valence-corrected chi connectivity index (χ0v) is 74.8. The minimum absolute atomic E-state index is 0.0189. The molecule has 13 atom stereocenters. The summed E-state index contributed by atoms with van der Waals surface area (Å²) in [7, 11) is 0. The minimum atomic E-state index is -1.84. The first kappa shape index (κ1) is 112. The highest BCUT2D eigenvalue weighted by Crippen LogP contribution is 2.15. The Hall–Kier alpha value is -9.38. The summed E-state index contributed by atoms with van der Waals surface area (Å²) in [5.74, 6) is -11.7. The lowest BCUT2D eigenvalue weighted by atomic mass is 10.00. The molecule has 0 radical (unpaired) electrons. The number of ketones is 1. The number of hydrogen-bond acceptors (Lipinski definition) is 29. The Morgan fingerprint density at radius 1 is 0.441 bits per heavy atom. The number of hydrogen-bond donors (Lipinski definition) is 20. The van der Waals surface area contributed by atoms with E-state index in [-0.39, 0.29) is 140 Å². The van der Waals surface area contributed by atoms with Crippen molar-refractivity contribution in [1.82, 2.24) is 69.1 Å². The van der Waals surface area contributed by atoms with Gasteiger partial charge in [-0.1, -0.05) is 103 Å². The number of carbonyl (C=O) groups is 14. The van der Waals surface area contributed by atoms with Gasteiger partial charge in [-0.15, -0.1) is 0 Å². The maximum atomic E-state index is 14.8. The van der Waals surface area contributed by atoms with Gasteiger partial charge in [0.05, 0.1) is 118 Å². The Labute approximate surface area is 744 Å². The monoisotopic (exact) mass is 1800 g/mol. The molecule has 42 heteroatoms. The summed E-state index contributed by atoms with van der Waals surface area (Å²) in [6.07, 6.45) is -2.12. The van der Waals surface area contributed by atoms with Crippen molar-refractivity contribution >= 4 is 82.6 Å². The van der Waals surface area contributed by atoms with E-state index in [0.717, 1.165) is 26.2 Å². The maximum absolute atomic E-state index is 14.8. The van der Waals surface area contributed by atoms with Crippen LogP contribution in [0.1, 0.15) is 158 Å². The minimum Gasteiger partial charge on any atom is -0.391 e. The highest BCUT2D eigenvalue weighted by Gasteiger charge is 2.39. The first-order chi connectivity index (χ1) is 60.9. The van der Waals surface area contributed by atoms with Gasteiger partial charge in [0.25, 0.3) is 5.91 Å². The maximum Gasteiger partial charge on any atom is 0.251 e. The highest BCUT2D eigenvalue weighted by molar-refractivity contribution is 6.01. The van der Waals surface area contributed by atoms with Crippen molar-refractivity contribution < 1.29 is 115 Å². The van der Waals surface area contributed by atoms with Crippen LogP contribution in [0.25, 0.3) is 0 Å². The normalized spacial score (nSPS) is 19.1. The number of nitrogens with two attached hydrogens (primary N) is 5. The van der Waals surface area contributed by atoms with Gasteiger partial charge in [0.1, 0.15) is 66.5 Å². The van der Waals surface area contributed by atoms with E-state index >= 15 is 0 Å². The van der Waals surface area contributed by atoms with Crippen LogP contribution in [0.15, 0.2) is 54.6 Å². The Bertz CT molecular complexity index is 3590. The molecule has 0 saturated carbocycles. The van der Waals surface area contributed by atoms with Crippen LogP contribution in [-0.4, -0.2) is 323 Å². The first-order valence-corrected chi connectivity index (χ1v) is 44.0. The zero-order chi connectivity index (χ0) is 93.9. The molecular formula is C85H144N18O24. The van der Waals surface area contributed by atoms with Crippen LogP contribution in [0.2, 0.25) is 0 Å². The van der Waals surface area contributed by atoms with Crippen molar-refractivity contribution in [3.05, 3.63) is 71.3 Å². The second-order valence-electron chi connectivity index (χ2n) is 31.2. The molecule has 1 saturated heterocycles. The second-order valence-corrected chi connectivity index (χ2v) is 31.2. The molecule has 25 N–H and O–H groups in total. The van der Waals surface area contributed by atoms with Gasteiger partial charge in [-0.3, -0.25) is 67.1 Å². The number of carbonyl (C=O) groups excluding carboxylic acids is 14. The van der Waals surface area contributed by atoms with E-state index in [0.29, 0.717) is 109 Å². The smallest absolute Gasteiger partial charge is 0.251 e. The van der Waals surface area contributed by atoms with E-state index in [9.17, 15) is 77.3 Å². The molecular weight excluding hydrogens is 1660 g/mol. The van der Waals surface area contributed by atoms with Gasteiger partial charge in [0.2, 0.25) is 70.9 Å². The standard InChI is InChI=1S/C85H144N18O24/c1-8-9-10-14-17-61(93-70(106)28-36-120-38-40-122-42-44-124-46-48-126-50-51-127-49-47-125-45-43-123-41-39-121-37-35-92-74(108)60-20-18-59(19-21-60)73(107)55(4)5)75(109)95-66(26-33-90)81(115)103-72(57(7)105)85(119)99-64(24-31-88)77(111)98-67-27-34-91-84(118)71(56(6)104)102-80(114)65(25-32-89)96-76(110)62(22-29-86)97-82(116)68(52-54(2)3)100-83(117)69(53-58-15-12-11-13-16-58)101-78(112)63(23-30-87)94-79(67)113/h11-13,15-16,18-21,54-57,61-69,71-72,104-105H,8-10,14,17,22-53,86-90H2,1-7H3,(H,91,118)(H,92,108)(H,93,106)(H,94,113)(H,95,109)(H,96,110)(H,97,116)(H,98,111)(H,99,119)(H,100,117)(H,101,112)(H,102,114)(H,103,115)/t56-,57-,61+,62+,63+,64+,65+,66+,67+,68+,69-,71+,72+/m1/s1. The third-order valence-corrected chi connectivity index (χ3v) is 19.8. The largest absolute Gasteiger partial charge is 0.391 e. The van der Waals surface area contributed by atoms with E-state index in [1.807, 2.05) is 20.8 Å². The summed E-state index contributed by atoms with van der Waals surface area (Å²) in [5.41, 5.74) is 31.3. The molecule has 0 aromatic heterocycles. The van der Waals surface area contributed by atoms with Crippen LogP contribution in [0, 0.1) is 11.8 Å². The lowest BCUT2D eigenvalue weighted by Gasteiger charge is -2.29. The lowest BCUT2D eigenvalue weighted by molar-refractivity contribution is -0.137. The average molecular weight is 1800 g/mol. The van der Waals surface area contributed by atoms with Gasteiger partial charge in [-0.2, -0.15) is 0 Å². The summed E-state index contributed by atoms with van der Waals surface area (Å²) in [6, 6.07) is -1.65. The van der Waals surface area contributed by atoms with E-state index in [1.54, 1.807) is 68.4 Å². The molecule has 1 heterocycles. The number of benzene rings is 2. The Morgan fingerprint density at radius 3 is 1.34 bits per heavy atom. The molecule has 42 nitrogen and oxygen atoms in total. The molecule has 2 aromatic rings. The first-order valence-electron chi connectivity index (χ1n) is 44.0. The van der Waals surface area contributed by atoms with Crippen molar-refractivity contribution in [2.75, 3.05) is 152 Å². The quantitative estimate of drug-likeness (QED) is 0.0219. The van der Waals surface area contributed by atoms with E-state index in [1.165, 1.54) is 6.92 Å². The second kappa shape index (κ2) is 66.1. The third-order valence-electron chi connectivity index (χ3n) is 19.8. The lowest BCUT2D eigenvalue weighted by Crippen LogP contribution is -2.62. The van der Waals surface area contributed by atoms with Crippen molar-refractivity contribution in [2.45, 2.75) is 217 Å². The molecule has 1 aliphatic rings. The number of aliphatic hydroxyl groups excluding tert-OH is 2. The van der Waals surface area contributed by atoms with Crippen molar-refractivity contribution in [3.63, 3.8) is 0 Å². The number of Topliss-reactive ketones (excluding diaryl/α,β-unsaturated/α-hetero) is 1. The van der Waals surface area contributed by atoms with Gasteiger partial charge >= 0.3 is 0 Å². The van der Waals surface area contributed by atoms with Crippen LogP contribution in [-0.2, 0) is 102 Å². The fourth-order valence-electron chi connectivity index (χ4n) is 12.7. The molecule has 3 rings (SSSR count). The third kappa shape index (κ3) is 46.4. The topological polar surface area (TPSA) is 640 Å². The van der Waals surface area contributed by atoms with Crippen LogP contribution in [0.5, 0.6) is 0 Å². The molecule has 13 amide bonds. The predicted octanol–water partition coefficient (Wildman–Crippen LogP) is -4.60.